The zero-order valence-electron chi connectivity index (χ0n) is 11.7. The van der Waals surface area contributed by atoms with Crippen molar-refractivity contribution in [1.29, 1.82) is 0 Å². The van der Waals surface area contributed by atoms with E-state index >= 15 is 0 Å². The third kappa shape index (κ3) is 2.05. The summed E-state index contributed by atoms with van der Waals surface area (Å²) < 4.78 is 1.66. The summed E-state index contributed by atoms with van der Waals surface area (Å²) in [4.78, 5) is 4.60. The van der Waals surface area contributed by atoms with Crippen LogP contribution in [-0.4, -0.2) is 25.0 Å². The first-order valence-electron chi connectivity index (χ1n) is 6.72. The molecule has 1 N–H and O–H groups in total. The molecule has 4 rings (SSSR count). The van der Waals surface area contributed by atoms with Crippen LogP contribution in [0.3, 0.4) is 0 Å². The van der Waals surface area contributed by atoms with Crippen molar-refractivity contribution in [2.75, 3.05) is 5.32 Å². The fourth-order valence-electron chi connectivity index (χ4n) is 2.34. The van der Waals surface area contributed by atoms with Crippen molar-refractivity contribution in [2.45, 2.75) is 6.92 Å². The summed E-state index contributed by atoms with van der Waals surface area (Å²) >= 11 is 6.27. The Morgan fingerprint density at radius 2 is 2.00 bits per heavy atom. The molecule has 0 atom stereocenters. The molecule has 108 valence electrons. The number of hydrogen-bond donors (Lipinski definition) is 1. The molecule has 7 heteroatoms. The van der Waals surface area contributed by atoms with Crippen molar-refractivity contribution in [3.05, 3.63) is 53.1 Å². The predicted molar refractivity (Wildman–Crippen MR) is 85.6 cm³/mol. The molecule has 0 radical (unpaired) electrons. The number of aryl methyl sites for hydroxylation is 1. The number of tetrazole rings is 1. The second-order valence-electron chi connectivity index (χ2n) is 4.97. The topological polar surface area (TPSA) is 68.0 Å². The van der Waals surface area contributed by atoms with Gasteiger partial charge >= 0.3 is 0 Å². The number of halogens is 1. The van der Waals surface area contributed by atoms with Crippen molar-refractivity contribution in [2.24, 2.45) is 0 Å². The quantitative estimate of drug-likeness (QED) is 0.614. The van der Waals surface area contributed by atoms with Gasteiger partial charge in [-0.3, -0.25) is 0 Å². The van der Waals surface area contributed by atoms with Crippen LogP contribution in [-0.2, 0) is 0 Å². The molecule has 6 nitrogen and oxygen atoms in total. The molecule has 0 aliphatic carbocycles. The summed E-state index contributed by atoms with van der Waals surface area (Å²) in [7, 11) is 0. The van der Waals surface area contributed by atoms with Crippen LogP contribution in [0.2, 0.25) is 5.02 Å². The summed E-state index contributed by atoms with van der Waals surface area (Å²) in [6.45, 7) is 1.99. The summed E-state index contributed by atoms with van der Waals surface area (Å²) in [5.41, 5.74) is 4.06. The minimum atomic E-state index is 0.551. The highest BCUT2D eigenvalue weighted by Crippen LogP contribution is 2.28. The monoisotopic (exact) mass is 310 g/mol. The second-order valence-corrected chi connectivity index (χ2v) is 5.38. The SMILES string of the molecule is Cc1ccc(Nc2nc3ccccc3n3nnnc23)c(Cl)c1. The smallest absolute Gasteiger partial charge is 0.222 e. The van der Waals surface area contributed by atoms with Gasteiger partial charge in [-0.05, 0) is 47.2 Å². The third-order valence-corrected chi connectivity index (χ3v) is 3.71. The van der Waals surface area contributed by atoms with E-state index in [2.05, 4.69) is 25.8 Å². The molecule has 0 saturated carbocycles. The first-order chi connectivity index (χ1) is 10.7. The normalized spacial score (nSPS) is 11.2. The van der Waals surface area contributed by atoms with Gasteiger partial charge < -0.3 is 5.32 Å². The van der Waals surface area contributed by atoms with Crippen molar-refractivity contribution in [3.8, 4) is 0 Å². The van der Waals surface area contributed by atoms with Gasteiger partial charge in [-0.2, -0.15) is 4.52 Å². The Labute approximate surface area is 130 Å². The standard InChI is InChI=1S/C15H11ClN6/c1-9-6-7-11(10(16)8-9)17-14-15-19-20-21-22(15)13-5-3-2-4-12(13)18-14/h2-8H,1H3,(H,17,18). The molecule has 2 heterocycles. The first kappa shape index (κ1) is 13.0. The number of fused-ring (bicyclic) bond motifs is 3. The van der Waals surface area contributed by atoms with Crippen LogP contribution in [0.25, 0.3) is 16.7 Å². The van der Waals surface area contributed by atoms with Gasteiger partial charge in [-0.25, -0.2) is 4.98 Å². The number of nitrogens with zero attached hydrogens (tertiary/aromatic N) is 5. The average Bonchev–Trinajstić information content (AvgIpc) is 3.00. The molecule has 0 amide bonds. The zero-order chi connectivity index (χ0) is 15.1. The van der Waals surface area contributed by atoms with Crippen LogP contribution in [0.4, 0.5) is 11.5 Å². The average molecular weight is 311 g/mol. The van der Waals surface area contributed by atoms with E-state index in [1.165, 1.54) is 0 Å². The van der Waals surface area contributed by atoms with E-state index in [9.17, 15) is 0 Å². The van der Waals surface area contributed by atoms with E-state index in [0.717, 1.165) is 22.3 Å². The molecule has 0 spiro atoms. The number of hydrogen-bond acceptors (Lipinski definition) is 5. The lowest BCUT2D eigenvalue weighted by molar-refractivity contribution is 0.841. The van der Waals surface area contributed by atoms with Gasteiger partial charge in [0.25, 0.3) is 0 Å². The number of rotatable bonds is 2. The van der Waals surface area contributed by atoms with E-state index in [1.807, 2.05) is 49.4 Å². The highest BCUT2D eigenvalue weighted by molar-refractivity contribution is 6.33. The van der Waals surface area contributed by atoms with Crippen LogP contribution >= 0.6 is 11.6 Å². The summed E-state index contributed by atoms with van der Waals surface area (Å²) in [5, 5.41) is 15.7. The Kier molecular flexibility index (Phi) is 2.90. The van der Waals surface area contributed by atoms with Crippen LogP contribution in [0, 0.1) is 6.92 Å². The maximum absolute atomic E-state index is 6.27. The predicted octanol–water partition coefficient (Wildman–Crippen LogP) is 3.38. The molecule has 0 saturated heterocycles. The van der Waals surface area contributed by atoms with Gasteiger partial charge in [-0.15, -0.1) is 5.10 Å². The van der Waals surface area contributed by atoms with Crippen molar-refractivity contribution < 1.29 is 0 Å². The van der Waals surface area contributed by atoms with Crippen molar-refractivity contribution in [1.82, 2.24) is 25.0 Å². The van der Waals surface area contributed by atoms with E-state index in [1.54, 1.807) is 4.52 Å². The molecule has 22 heavy (non-hydrogen) atoms. The first-order valence-corrected chi connectivity index (χ1v) is 7.10. The Bertz CT molecular complexity index is 994. The van der Waals surface area contributed by atoms with Gasteiger partial charge in [0.15, 0.2) is 5.82 Å². The van der Waals surface area contributed by atoms with Gasteiger partial charge in [-0.1, -0.05) is 29.8 Å². The van der Waals surface area contributed by atoms with E-state index < -0.39 is 0 Å². The van der Waals surface area contributed by atoms with Crippen LogP contribution < -0.4 is 5.32 Å². The Morgan fingerprint density at radius 1 is 1.14 bits per heavy atom. The van der Waals surface area contributed by atoms with Crippen molar-refractivity contribution >= 4 is 39.8 Å². The maximum atomic E-state index is 6.27. The molecule has 0 aliphatic heterocycles. The summed E-state index contributed by atoms with van der Waals surface area (Å²) in [6.07, 6.45) is 0. The fraction of sp³-hybridized carbons (Fsp3) is 0.0667. The lowest BCUT2D eigenvalue weighted by Gasteiger charge is -2.10. The van der Waals surface area contributed by atoms with E-state index in [4.69, 9.17) is 11.6 Å². The number of anilines is 2. The Hall–Kier alpha value is -2.73. The molecule has 0 bridgehead atoms. The van der Waals surface area contributed by atoms with Gasteiger partial charge in [0.2, 0.25) is 5.65 Å². The lowest BCUT2D eigenvalue weighted by Crippen LogP contribution is -2.01. The highest BCUT2D eigenvalue weighted by Gasteiger charge is 2.12. The number of benzene rings is 2. The molecule has 2 aromatic heterocycles. The lowest BCUT2D eigenvalue weighted by atomic mass is 10.2. The number of nitrogens with one attached hydrogen (secondary N) is 1. The molecular formula is C15H11ClN6. The second kappa shape index (κ2) is 4.92. The van der Waals surface area contributed by atoms with Gasteiger partial charge in [0.1, 0.15) is 0 Å². The molecular weight excluding hydrogens is 300 g/mol. The van der Waals surface area contributed by atoms with Crippen LogP contribution in [0.1, 0.15) is 5.56 Å². The molecule has 0 fully saturated rings. The molecule has 0 aliphatic rings. The zero-order valence-corrected chi connectivity index (χ0v) is 12.4. The fourth-order valence-corrected chi connectivity index (χ4v) is 2.62. The Balaban J connectivity index is 1.91. The largest absolute Gasteiger partial charge is 0.336 e. The summed E-state index contributed by atoms with van der Waals surface area (Å²) in [6, 6.07) is 13.5. The van der Waals surface area contributed by atoms with Crippen LogP contribution in [0.15, 0.2) is 42.5 Å². The minimum absolute atomic E-state index is 0.551. The number of aromatic nitrogens is 5. The van der Waals surface area contributed by atoms with E-state index in [0.29, 0.717) is 16.5 Å². The molecule has 4 aromatic rings. The summed E-state index contributed by atoms with van der Waals surface area (Å²) in [5.74, 6) is 0.564. The molecule has 0 unspecified atom stereocenters. The minimum Gasteiger partial charge on any atom is -0.336 e. The molecule has 2 aromatic carbocycles. The van der Waals surface area contributed by atoms with E-state index in [-0.39, 0.29) is 0 Å². The maximum Gasteiger partial charge on any atom is 0.222 e. The van der Waals surface area contributed by atoms with Crippen molar-refractivity contribution in [3.63, 3.8) is 0 Å². The highest BCUT2D eigenvalue weighted by atomic mass is 35.5. The van der Waals surface area contributed by atoms with Crippen LogP contribution in [0.5, 0.6) is 0 Å². The van der Waals surface area contributed by atoms with Gasteiger partial charge in [0.05, 0.1) is 21.7 Å². The Morgan fingerprint density at radius 3 is 2.86 bits per heavy atom. The van der Waals surface area contributed by atoms with Gasteiger partial charge in [0, 0.05) is 0 Å². The number of para-hydroxylation sites is 2. The third-order valence-electron chi connectivity index (χ3n) is 3.40.